The Balaban J connectivity index is 2.19. The molecule has 1 unspecified atom stereocenters. The number of furan rings is 1. The molecular formula is C14H15ClN2O4. The summed E-state index contributed by atoms with van der Waals surface area (Å²) in [5, 5.41) is 24.4. The molecular weight excluding hydrogens is 296 g/mol. The fourth-order valence-corrected chi connectivity index (χ4v) is 2.32. The van der Waals surface area contributed by atoms with Crippen molar-refractivity contribution in [2.45, 2.75) is 19.4 Å². The Morgan fingerprint density at radius 1 is 1.52 bits per heavy atom. The summed E-state index contributed by atoms with van der Waals surface area (Å²) in [6, 6.07) is 6.06. The first kappa shape index (κ1) is 15.3. The van der Waals surface area contributed by atoms with Gasteiger partial charge in [-0.25, -0.2) is 0 Å². The predicted molar refractivity (Wildman–Crippen MR) is 79.6 cm³/mol. The van der Waals surface area contributed by atoms with Gasteiger partial charge in [0, 0.05) is 12.1 Å². The lowest BCUT2D eigenvalue weighted by Gasteiger charge is -2.23. The second-order valence-corrected chi connectivity index (χ2v) is 5.39. The number of aliphatic hydroxyl groups is 1. The number of hydrogen-bond acceptors (Lipinski definition) is 5. The maximum absolute atomic E-state index is 10.8. The van der Waals surface area contributed by atoms with E-state index < -0.39 is 10.5 Å². The van der Waals surface area contributed by atoms with Gasteiger partial charge in [0.05, 0.1) is 28.4 Å². The predicted octanol–water partition coefficient (Wildman–Crippen LogP) is 3.47. The minimum Gasteiger partial charge on any atom is -0.466 e. The third-order valence-corrected chi connectivity index (χ3v) is 3.44. The van der Waals surface area contributed by atoms with Crippen LogP contribution in [0.15, 0.2) is 34.9 Å². The molecule has 0 aliphatic carbocycles. The topological polar surface area (TPSA) is 88.5 Å². The summed E-state index contributed by atoms with van der Waals surface area (Å²) >= 11 is 6.06. The standard InChI is InChI=1S/C14H15ClN2O4/c1-9-6-10(17(19)20)7-11(15)13(9)16-8-14(2,18)12-4-3-5-21-12/h3-7,16,18H,8H2,1-2H3. The van der Waals surface area contributed by atoms with Gasteiger partial charge in [0.15, 0.2) is 0 Å². The van der Waals surface area contributed by atoms with E-state index in [1.54, 1.807) is 26.0 Å². The largest absolute Gasteiger partial charge is 0.466 e. The Bertz CT molecular complexity index is 630. The van der Waals surface area contributed by atoms with Gasteiger partial charge in [0.1, 0.15) is 11.4 Å². The summed E-state index contributed by atoms with van der Waals surface area (Å²) in [6.07, 6.45) is 1.48. The minimum absolute atomic E-state index is 0.0687. The van der Waals surface area contributed by atoms with E-state index in [9.17, 15) is 15.2 Å². The van der Waals surface area contributed by atoms with E-state index in [1.165, 1.54) is 18.4 Å². The molecule has 6 nitrogen and oxygen atoms in total. The van der Waals surface area contributed by atoms with Gasteiger partial charge in [-0.1, -0.05) is 11.6 Å². The first-order valence-electron chi connectivity index (χ1n) is 6.26. The molecule has 112 valence electrons. The van der Waals surface area contributed by atoms with E-state index in [0.29, 0.717) is 17.0 Å². The van der Waals surface area contributed by atoms with Gasteiger partial charge in [-0.15, -0.1) is 0 Å². The molecule has 2 N–H and O–H groups in total. The van der Waals surface area contributed by atoms with Crippen LogP contribution in [0.4, 0.5) is 11.4 Å². The lowest BCUT2D eigenvalue weighted by atomic mass is 10.0. The van der Waals surface area contributed by atoms with E-state index in [4.69, 9.17) is 16.0 Å². The number of nitro benzene ring substituents is 1. The number of hydrogen-bond donors (Lipinski definition) is 2. The number of benzene rings is 1. The van der Waals surface area contributed by atoms with Crippen LogP contribution in [-0.2, 0) is 5.60 Å². The van der Waals surface area contributed by atoms with Crippen LogP contribution >= 0.6 is 11.6 Å². The van der Waals surface area contributed by atoms with Crippen LogP contribution in [-0.4, -0.2) is 16.6 Å². The van der Waals surface area contributed by atoms with E-state index in [2.05, 4.69) is 5.32 Å². The lowest BCUT2D eigenvalue weighted by Crippen LogP contribution is -2.30. The molecule has 0 saturated heterocycles. The van der Waals surface area contributed by atoms with E-state index in [0.717, 1.165) is 0 Å². The van der Waals surface area contributed by atoms with Gasteiger partial charge >= 0.3 is 0 Å². The highest BCUT2D eigenvalue weighted by molar-refractivity contribution is 6.33. The van der Waals surface area contributed by atoms with Gasteiger partial charge in [0.2, 0.25) is 0 Å². The number of non-ortho nitro benzene ring substituents is 1. The molecule has 0 aliphatic heterocycles. The van der Waals surface area contributed by atoms with Crippen molar-refractivity contribution >= 4 is 23.0 Å². The molecule has 1 aromatic heterocycles. The highest BCUT2D eigenvalue weighted by Crippen LogP contribution is 2.32. The summed E-state index contributed by atoms with van der Waals surface area (Å²) in [6.45, 7) is 3.47. The smallest absolute Gasteiger partial charge is 0.271 e. The molecule has 2 rings (SSSR count). The van der Waals surface area contributed by atoms with Gasteiger partial charge in [0.25, 0.3) is 5.69 Å². The zero-order valence-corrected chi connectivity index (χ0v) is 12.3. The molecule has 0 spiro atoms. The van der Waals surface area contributed by atoms with Crippen LogP contribution in [0.5, 0.6) is 0 Å². The van der Waals surface area contributed by atoms with Gasteiger partial charge in [-0.3, -0.25) is 10.1 Å². The first-order chi connectivity index (χ1) is 9.81. The monoisotopic (exact) mass is 310 g/mol. The number of halogens is 1. The highest BCUT2D eigenvalue weighted by Gasteiger charge is 2.26. The molecule has 1 aromatic carbocycles. The maximum Gasteiger partial charge on any atom is 0.271 e. The van der Waals surface area contributed by atoms with Crippen LogP contribution in [0.2, 0.25) is 5.02 Å². The van der Waals surface area contributed by atoms with E-state index >= 15 is 0 Å². The lowest BCUT2D eigenvalue weighted by molar-refractivity contribution is -0.384. The Kier molecular flexibility index (Phi) is 4.20. The van der Waals surface area contributed by atoms with Crippen molar-refractivity contribution in [3.05, 3.63) is 57.0 Å². The number of anilines is 1. The summed E-state index contributed by atoms with van der Waals surface area (Å²) in [7, 11) is 0. The highest BCUT2D eigenvalue weighted by atomic mass is 35.5. The third-order valence-electron chi connectivity index (χ3n) is 3.14. The Morgan fingerprint density at radius 3 is 2.76 bits per heavy atom. The molecule has 0 bridgehead atoms. The van der Waals surface area contributed by atoms with Crippen molar-refractivity contribution in [2.75, 3.05) is 11.9 Å². The maximum atomic E-state index is 10.8. The molecule has 0 fully saturated rings. The zero-order valence-electron chi connectivity index (χ0n) is 11.6. The molecule has 0 aliphatic rings. The summed E-state index contributed by atoms with van der Waals surface area (Å²) in [4.78, 5) is 10.3. The van der Waals surface area contributed by atoms with E-state index in [-0.39, 0.29) is 17.3 Å². The molecule has 7 heteroatoms. The van der Waals surface area contributed by atoms with Crippen molar-refractivity contribution in [1.29, 1.82) is 0 Å². The second-order valence-electron chi connectivity index (χ2n) is 4.98. The Labute approximate surface area is 126 Å². The fraction of sp³-hybridized carbons (Fsp3) is 0.286. The fourth-order valence-electron chi connectivity index (χ4n) is 1.99. The van der Waals surface area contributed by atoms with Crippen LogP contribution in [0, 0.1) is 17.0 Å². The molecule has 0 radical (unpaired) electrons. The van der Waals surface area contributed by atoms with Crippen molar-refractivity contribution in [1.82, 2.24) is 0 Å². The quantitative estimate of drug-likeness (QED) is 0.652. The number of nitro groups is 1. The number of nitrogens with zero attached hydrogens (tertiary/aromatic N) is 1. The summed E-state index contributed by atoms with van der Waals surface area (Å²) < 4.78 is 5.19. The Morgan fingerprint density at radius 2 is 2.24 bits per heavy atom. The third kappa shape index (κ3) is 3.34. The number of aryl methyl sites for hydroxylation is 1. The van der Waals surface area contributed by atoms with Crippen LogP contribution < -0.4 is 5.32 Å². The van der Waals surface area contributed by atoms with Crippen molar-refractivity contribution < 1.29 is 14.4 Å². The van der Waals surface area contributed by atoms with Gasteiger partial charge < -0.3 is 14.8 Å². The van der Waals surface area contributed by atoms with Gasteiger partial charge in [-0.2, -0.15) is 0 Å². The summed E-state index contributed by atoms with van der Waals surface area (Å²) in [5.74, 6) is 0.422. The van der Waals surface area contributed by atoms with Crippen LogP contribution in [0.1, 0.15) is 18.2 Å². The first-order valence-corrected chi connectivity index (χ1v) is 6.64. The van der Waals surface area contributed by atoms with Crippen molar-refractivity contribution in [3.8, 4) is 0 Å². The van der Waals surface area contributed by atoms with E-state index in [1.807, 2.05) is 0 Å². The summed E-state index contributed by atoms with van der Waals surface area (Å²) in [5.41, 5.74) is -0.111. The molecule has 1 atom stereocenters. The average Bonchev–Trinajstić information content (AvgIpc) is 2.91. The molecule has 1 heterocycles. The van der Waals surface area contributed by atoms with Crippen LogP contribution in [0.3, 0.4) is 0 Å². The Hall–Kier alpha value is -2.05. The van der Waals surface area contributed by atoms with Crippen molar-refractivity contribution in [2.24, 2.45) is 0 Å². The number of rotatable bonds is 5. The molecule has 0 amide bonds. The second kappa shape index (κ2) is 5.75. The normalized spacial score (nSPS) is 13.7. The SMILES string of the molecule is Cc1cc([N+](=O)[O-])cc(Cl)c1NCC(C)(O)c1ccco1. The zero-order chi connectivity index (χ0) is 15.6. The minimum atomic E-state index is -1.22. The van der Waals surface area contributed by atoms with Crippen molar-refractivity contribution in [3.63, 3.8) is 0 Å². The number of nitrogens with one attached hydrogen (secondary N) is 1. The molecule has 2 aromatic rings. The molecule has 0 saturated carbocycles. The van der Waals surface area contributed by atoms with Gasteiger partial charge in [-0.05, 0) is 31.5 Å². The van der Waals surface area contributed by atoms with Crippen LogP contribution in [0.25, 0.3) is 0 Å². The molecule has 21 heavy (non-hydrogen) atoms. The average molecular weight is 311 g/mol.